The van der Waals surface area contributed by atoms with Crippen molar-refractivity contribution in [2.75, 3.05) is 0 Å². The van der Waals surface area contributed by atoms with E-state index in [-0.39, 0.29) is 19.3 Å². The van der Waals surface area contributed by atoms with Crippen LogP contribution in [0.4, 0.5) is 0 Å². The SMILES string of the molecule is Cc1[nH]ncc1CC(=O)N[C@@H](CCC(N)=O)C(=O)O. The monoisotopic (exact) mass is 268 g/mol. The lowest BCUT2D eigenvalue weighted by Crippen LogP contribution is -2.42. The first-order chi connectivity index (χ1) is 8.90. The van der Waals surface area contributed by atoms with Gasteiger partial charge in [-0.15, -0.1) is 0 Å². The summed E-state index contributed by atoms with van der Waals surface area (Å²) in [7, 11) is 0. The number of aromatic nitrogens is 2. The molecule has 0 aliphatic heterocycles. The molecule has 0 aliphatic carbocycles. The lowest BCUT2D eigenvalue weighted by Gasteiger charge is -2.13. The van der Waals surface area contributed by atoms with Crippen LogP contribution in [0.2, 0.25) is 0 Å². The number of aliphatic carboxylic acids is 1. The maximum absolute atomic E-state index is 11.7. The van der Waals surface area contributed by atoms with Crippen LogP contribution in [0.3, 0.4) is 0 Å². The number of aromatic amines is 1. The van der Waals surface area contributed by atoms with Crippen molar-refractivity contribution in [3.63, 3.8) is 0 Å². The molecule has 1 atom stereocenters. The molecule has 1 aromatic heterocycles. The van der Waals surface area contributed by atoms with Crippen molar-refractivity contribution in [2.45, 2.75) is 32.2 Å². The molecule has 8 nitrogen and oxygen atoms in total. The Morgan fingerprint density at radius 1 is 1.53 bits per heavy atom. The first-order valence-electron chi connectivity index (χ1n) is 5.69. The van der Waals surface area contributed by atoms with E-state index >= 15 is 0 Å². The summed E-state index contributed by atoms with van der Waals surface area (Å²) in [6.07, 6.45) is 1.42. The van der Waals surface area contributed by atoms with Gasteiger partial charge in [-0.2, -0.15) is 5.10 Å². The van der Waals surface area contributed by atoms with Gasteiger partial charge in [-0.3, -0.25) is 14.7 Å². The predicted octanol–water partition coefficient (Wildman–Crippen LogP) is -0.904. The van der Waals surface area contributed by atoms with Crippen molar-refractivity contribution in [2.24, 2.45) is 5.73 Å². The fourth-order valence-corrected chi connectivity index (χ4v) is 1.52. The van der Waals surface area contributed by atoms with Crippen LogP contribution in [0.25, 0.3) is 0 Å². The molecular weight excluding hydrogens is 252 g/mol. The predicted molar refractivity (Wildman–Crippen MR) is 65.0 cm³/mol. The van der Waals surface area contributed by atoms with Crippen LogP contribution in [0.1, 0.15) is 24.1 Å². The van der Waals surface area contributed by atoms with Gasteiger partial charge in [0, 0.05) is 17.7 Å². The smallest absolute Gasteiger partial charge is 0.326 e. The molecule has 8 heteroatoms. The number of carboxylic acid groups (broad SMARTS) is 1. The molecule has 2 amide bonds. The number of primary amides is 1. The average molecular weight is 268 g/mol. The van der Waals surface area contributed by atoms with Gasteiger partial charge in [0.1, 0.15) is 6.04 Å². The Hall–Kier alpha value is -2.38. The van der Waals surface area contributed by atoms with Crippen LogP contribution >= 0.6 is 0 Å². The van der Waals surface area contributed by atoms with Crippen molar-refractivity contribution in [3.05, 3.63) is 17.5 Å². The van der Waals surface area contributed by atoms with Crippen molar-refractivity contribution < 1.29 is 19.5 Å². The summed E-state index contributed by atoms with van der Waals surface area (Å²) < 4.78 is 0. The molecule has 0 aromatic carbocycles. The second-order valence-electron chi connectivity index (χ2n) is 4.16. The van der Waals surface area contributed by atoms with Gasteiger partial charge in [-0.1, -0.05) is 0 Å². The van der Waals surface area contributed by atoms with Gasteiger partial charge in [-0.25, -0.2) is 4.79 Å². The topological polar surface area (TPSA) is 138 Å². The van der Waals surface area contributed by atoms with Crippen LogP contribution in [0.5, 0.6) is 0 Å². The van der Waals surface area contributed by atoms with Crippen LogP contribution in [0, 0.1) is 6.92 Å². The van der Waals surface area contributed by atoms with E-state index in [1.807, 2.05) is 0 Å². The molecule has 0 unspecified atom stereocenters. The number of hydrogen-bond acceptors (Lipinski definition) is 4. The molecule has 104 valence electrons. The second-order valence-corrected chi connectivity index (χ2v) is 4.16. The van der Waals surface area contributed by atoms with Crippen LogP contribution in [-0.4, -0.2) is 39.1 Å². The number of nitrogens with one attached hydrogen (secondary N) is 2. The number of amides is 2. The van der Waals surface area contributed by atoms with Gasteiger partial charge in [0.2, 0.25) is 11.8 Å². The van der Waals surface area contributed by atoms with E-state index in [2.05, 4.69) is 15.5 Å². The summed E-state index contributed by atoms with van der Waals surface area (Å²) >= 11 is 0. The Balaban J connectivity index is 2.54. The highest BCUT2D eigenvalue weighted by Crippen LogP contribution is 2.04. The Bertz CT molecular complexity index is 483. The third kappa shape index (κ3) is 4.78. The third-order valence-electron chi connectivity index (χ3n) is 2.60. The minimum atomic E-state index is -1.20. The van der Waals surface area contributed by atoms with Gasteiger partial charge in [-0.05, 0) is 13.3 Å². The van der Waals surface area contributed by atoms with Gasteiger partial charge in [0.05, 0.1) is 12.6 Å². The highest BCUT2D eigenvalue weighted by molar-refractivity contribution is 5.85. The van der Waals surface area contributed by atoms with Gasteiger partial charge in [0.25, 0.3) is 0 Å². The Morgan fingerprint density at radius 3 is 2.68 bits per heavy atom. The molecular formula is C11H16N4O4. The summed E-state index contributed by atoms with van der Waals surface area (Å²) in [5.74, 6) is -2.24. The molecule has 0 spiro atoms. The quantitative estimate of drug-likeness (QED) is 0.507. The number of rotatable bonds is 7. The van der Waals surface area contributed by atoms with Gasteiger partial charge >= 0.3 is 5.97 Å². The van der Waals surface area contributed by atoms with E-state index in [1.54, 1.807) is 6.92 Å². The Labute approximate surface area is 109 Å². The Kier molecular flexibility index (Phi) is 5.04. The molecule has 0 fully saturated rings. The number of hydrogen-bond donors (Lipinski definition) is 4. The normalized spacial score (nSPS) is 11.8. The number of carboxylic acids is 1. The standard InChI is InChI=1S/C11H16N4O4/c1-6-7(5-13-15-6)4-10(17)14-8(11(18)19)2-3-9(12)16/h5,8H,2-4H2,1H3,(H2,12,16)(H,13,15)(H,14,17)(H,18,19)/t8-/m0/s1. The summed E-state index contributed by atoms with van der Waals surface area (Å²) in [6.45, 7) is 1.76. The van der Waals surface area contributed by atoms with E-state index in [0.717, 1.165) is 5.69 Å². The molecule has 0 aliphatic rings. The van der Waals surface area contributed by atoms with Crippen LogP contribution in [-0.2, 0) is 20.8 Å². The fourth-order valence-electron chi connectivity index (χ4n) is 1.52. The van der Waals surface area contributed by atoms with E-state index < -0.39 is 23.8 Å². The van der Waals surface area contributed by atoms with Gasteiger partial charge < -0.3 is 16.2 Å². The van der Waals surface area contributed by atoms with Crippen molar-refractivity contribution in [1.29, 1.82) is 0 Å². The Morgan fingerprint density at radius 2 is 2.21 bits per heavy atom. The number of carbonyl (C=O) groups is 3. The number of nitrogens with zero attached hydrogens (tertiary/aromatic N) is 1. The van der Waals surface area contributed by atoms with E-state index in [4.69, 9.17) is 10.8 Å². The number of carbonyl (C=O) groups excluding carboxylic acids is 2. The first-order valence-corrected chi connectivity index (χ1v) is 5.69. The number of aryl methyl sites for hydroxylation is 1. The second kappa shape index (κ2) is 6.53. The van der Waals surface area contributed by atoms with Crippen LogP contribution < -0.4 is 11.1 Å². The first kappa shape index (κ1) is 14.7. The highest BCUT2D eigenvalue weighted by Gasteiger charge is 2.20. The van der Waals surface area contributed by atoms with Crippen molar-refractivity contribution >= 4 is 17.8 Å². The average Bonchev–Trinajstić information content (AvgIpc) is 2.69. The molecule has 5 N–H and O–H groups in total. The summed E-state index contributed by atoms with van der Waals surface area (Å²) in [4.78, 5) is 33.2. The van der Waals surface area contributed by atoms with E-state index in [9.17, 15) is 14.4 Å². The molecule has 1 aromatic rings. The van der Waals surface area contributed by atoms with Crippen molar-refractivity contribution in [3.8, 4) is 0 Å². The molecule has 0 radical (unpaired) electrons. The minimum Gasteiger partial charge on any atom is -0.480 e. The zero-order valence-corrected chi connectivity index (χ0v) is 10.5. The summed E-state index contributed by atoms with van der Waals surface area (Å²) in [6, 6.07) is -1.12. The number of H-pyrrole nitrogens is 1. The zero-order chi connectivity index (χ0) is 14.4. The summed E-state index contributed by atoms with van der Waals surface area (Å²) in [5.41, 5.74) is 6.38. The molecule has 0 bridgehead atoms. The number of nitrogens with two attached hydrogens (primary N) is 1. The van der Waals surface area contributed by atoms with E-state index in [1.165, 1.54) is 6.20 Å². The molecule has 1 heterocycles. The third-order valence-corrected chi connectivity index (χ3v) is 2.60. The lowest BCUT2D eigenvalue weighted by molar-refractivity contribution is -0.142. The van der Waals surface area contributed by atoms with Crippen LogP contribution in [0.15, 0.2) is 6.20 Å². The maximum Gasteiger partial charge on any atom is 0.326 e. The molecule has 19 heavy (non-hydrogen) atoms. The zero-order valence-electron chi connectivity index (χ0n) is 10.5. The largest absolute Gasteiger partial charge is 0.480 e. The molecule has 0 saturated heterocycles. The lowest BCUT2D eigenvalue weighted by atomic mass is 10.1. The van der Waals surface area contributed by atoms with Crippen molar-refractivity contribution in [1.82, 2.24) is 15.5 Å². The maximum atomic E-state index is 11.7. The summed E-state index contributed by atoms with van der Waals surface area (Å²) in [5, 5.41) is 17.7. The fraction of sp³-hybridized carbons (Fsp3) is 0.455. The molecule has 0 saturated carbocycles. The minimum absolute atomic E-state index is 0.0270. The van der Waals surface area contributed by atoms with E-state index in [0.29, 0.717) is 5.56 Å². The molecule has 1 rings (SSSR count). The van der Waals surface area contributed by atoms with Gasteiger partial charge in [0.15, 0.2) is 0 Å². The highest BCUT2D eigenvalue weighted by atomic mass is 16.4.